The van der Waals surface area contributed by atoms with E-state index in [0.29, 0.717) is 5.75 Å². The summed E-state index contributed by atoms with van der Waals surface area (Å²) in [6.07, 6.45) is 5.02. The van der Waals surface area contributed by atoms with Crippen molar-refractivity contribution in [1.29, 1.82) is 0 Å². The van der Waals surface area contributed by atoms with Gasteiger partial charge in [-0.05, 0) is 43.2 Å². The van der Waals surface area contributed by atoms with Crippen LogP contribution in [0.15, 0.2) is 42.5 Å². The highest BCUT2D eigenvalue weighted by Crippen LogP contribution is 2.45. The first kappa shape index (κ1) is 19.6. The Morgan fingerprint density at radius 3 is 2.68 bits per heavy atom. The van der Waals surface area contributed by atoms with E-state index < -0.39 is 5.60 Å². The number of benzene rings is 2. The van der Waals surface area contributed by atoms with Crippen molar-refractivity contribution < 1.29 is 19.8 Å². The summed E-state index contributed by atoms with van der Waals surface area (Å²) in [4.78, 5) is 1.45. The Labute approximate surface area is 171 Å². The molecule has 3 N–H and O–H groups in total. The summed E-state index contributed by atoms with van der Waals surface area (Å²) < 4.78 is 5.37. The first-order valence-electron chi connectivity index (χ1n) is 10.2. The van der Waals surface area contributed by atoms with E-state index in [2.05, 4.69) is 12.1 Å². The number of aromatic hydroxyl groups is 1. The molecule has 1 aliphatic carbocycles. The van der Waals surface area contributed by atoms with E-state index in [1.807, 2.05) is 24.3 Å². The van der Waals surface area contributed by atoms with Crippen LogP contribution in [0.1, 0.15) is 49.3 Å². The van der Waals surface area contributed by atoms with Crippen LogP contribution >= 0.6 is 11.6 Å². The first-order chi connectivity index (χ1) is 13.5. The molecule has 5 heteroatoms. The summed E-state index contributed by atoms with van der Waals surface area (Å²) in [7, 11) is 1.58. The van der Waals surface area contributed by atoms with Gasteiger partial charge >= 0.3 is 0 Å². The fourth-order valence-electron chi connectivity index (χ4n) is 5.27. The molecule has 1 heterocycles. The quantitative estimate of drug-likeness (QED) is 0.733. The molecule has 1 aliphatic heterocycles. The second-order valence-electron chi connectivity index (χ2n) is 8.33. The molecule has 1 saturated carbocycles. The number of halogens is 1. The Morgan fingerprint density at radius 2 is 1.93 bits per heavy atom. The number of aliphatic hydroxyl groups is 1. The van der Waals surface area contributed by atoms with Crippen LogP contribution in [0.25, 0.3) is 0 Å². The summed E-state index contributed by atoms with van der Waals surface area (Å²) >= 11 is 6.06. The fraction of sp³-hybridized carbons (Fsp3) is 0.478. The summed E-state index contributed by atoms with van der Waals surface area (Å²) in [6.45, 7) is 1.81. The molecule has 0 aromatic heterocycles. The van der Waals surface area contributed by atoms with Gasteiger partial charge in [0.05, 0.1) is 19.3 Å². The first-order valence-corrected chi connectivity index (χ1v) is 10.6. The SMILES string of the molecule is COc1cc([C@H]2[C@@H]3CCCC[C@]3(O)CC[NH+]2Cc2ccc(Cl)cc2)ccc1O. The van der Waals surface area contributed by atoms with Gasteiger partial charge in [-0.2, -0.15) is 0 Å². The van der Waals surface area contributed by atoms with Crippen LogP contribution in [0.5, 0.6) is 11.5 Å². The number of nitrogens with one attached hydrogen (secondary N) is 1. The van der Waals surface area contributed by atoms with Crippen molar-refractivity contribution in [1.82, 2.24) is 0 Å². The molecular formula is C23H29ClNO3+. The molecule has 0 bridgehead atoms. The van der Waals surface area contributed by atoms with Gasteiger partial charge in [0.15, 0.2) is 11.5 Å². The minimum Gasteiger partial charge on any atom is -0.504 e. The Kier molecular flexibility index (Phi) is 5.55. The monoisotopic (exact) mass is 402 g/mol. The summed E-state index contributed by atoms with van der Waals surface area (Å²) in [5, 5.41) is 22.2. The number of phenolic OH excluding ortho intramolecular Hbond substituents is 1. The van der Waals surface area contributed by atoms with Gasteiger partial charge in [-0.1, -0.05) is 36.6 Å². The molecule has 2 aliphatic rings. The molecule has 2 fully saturated rings. The molecule has 0 radical (unpaired) electrons. The molecule has 4 rings (SSSR count). The molecule has 1 saturated heterocycles. The van der Waals surface area contributed by atoms with Gasteiger partial charge in [0, 0.05) is 28.5 Å². The number of piperidine rings is 1. The second kappa shape index (κ2) is 7.94. The third kappa shape index (κ3) is 3.73. The maximum atomic E-state index is 11.4. The van der Waals surface area contributed by atoms with Gasteiger partial charge in [-0.3, -0.25) is 0 Å². The molecule has 4 atom stereocenters. The molecule has 150 valence electrons. The van der Waals surface area contributed by atoms with Crippen LogP contribution in [-0.2, 0) is 6.54 Å². The number of quaternary nitrogens is 1. The predicted octanol–water partition coefficient (Wildman–Crippen LogP) is 3.51. The third-order valence-electron chi connectivity index (χ3n) is 6.69. The van der Waals surface area contributed by atoms with Gasteiger partial charge in [0.2, 0.25) is 0 Å². The Balaban J connectivity index is 1.70. The highest BCUT2D eigenvalue weighted by atomic mass is 35.5. The Hall–Kier alpha value is -1.75. The van der Waals surface area contributed by atoms with Gasteiger partial charge < -0.3 is 19.8 Å². The van der Waals surface area contributed by atoms with Gasteiger partial charge in [-0.15, -0.1) is 0 Å². The van der Waals surface area contributed by atoms with Gasteiger partial charge in [0.25, 0.3) is 0 Å². The number of methoxy groups -OCH3 is 1. The summed E-state index contributed by atoms with van der Waals surface area (Å²) in [6, 6.07) is 13.9. The summed E-state index contributed by atoms with van der Waals surface area (Å²) in [5.41, 5.74) is 1.79. The number of ether oxygens (including phenoxy) is 1. The number of likely N-dealkylation sites (tertiary alicyclic amines) is 1. The molecule has 2 aromatic carbocycles. The van der Waals surface area contributed by atoms with Crippen LogP contribution in [-0.4, -0.2) is 29.5 Å². The van der Waals surface area contributed by atoms with E-state index >= 15 is 0 Å². The molecule has 28 heavy (non-hydrogen) atoms. The molecule has 2 aromatic rings. The molecule has 4 nitrogen and oxygen atoms in total. The van der Waals surface area contributed by atoms with E-state index in [1.165, 1.54) is 10.5 Å². The lowest BCUT2D eigenvalue weighted by atomic mass is 9.66. The van der Waals surface area contributed by atoms with Crippen LogP contribution < -0.4 is 9.64 Å². The lowest BCUT2D eigenvalue weighted by Gasteiger charge is -2.50. The maximum Gasteiger partial charge on any atom is 0.160 e. The molecular weight excluding hydrogens is 374 g/mol. The average Bonchev–Trinajstić information content (AvgIpc) is 2.70. The van der Waals surface area contributed by atoms with Crippen LogP contribution in [0.4, 0.5) is 0 Å². The third-order valence-corrected chi connectivity index (χ3v) is 6.95. The number of rotatable bonds is 4. The largest absolute Gasteiger partial charge is 0.504 e. The van der Waals surface area contributed by atoms with Crippen molar-refractivity contribution in [2.45, 2.75) is 50.3 Å². The van der Waals surface area contributed by atoms with Crippen molar-refractivity contribution in [3.05, 3.63) is 58.6 Å². The Morgan fingerprint density at radius 1 is 1.14 bits per heavy atom. The van der Waals surface area contributed by atoms with Crippen molar-refractivity contribution in [3.63, 3.8) is 0 Å². The smallest absolute Gasteiger partial charge is 0.160 e. The molecule has 0 spiro atoms. The minimum atomic E-state index is -0.586. The minimum absolute atomic E-state index is 0.153. The Bertz CT molecular complexity index is 825. The molecule has 0 amide bonds. The highest BCUT2D eigenvalue weighted by molar-refractivity contribution is 6.30. The maximum absolute atomic E-state index is 11.4. The zero-order valence-corrected chi connectivity index (χ0v) is 17.1. The van der Waals surface area contributed by atoms with Crippen LogP contribution in [0.3, 0.4) is 0 Å². The van der Waals surface area contributed by atoms with E-state index in [0.717, 1.165) is 55.8 Å². The van der Waals surface area contributed by atoms with E-state index in [1.54, 1.807) is 13.2 Å². The highest BCUT2D eigenvalue weighted by Gasteiger charge is 2.51. The zero-order valence-electron chi connectivity index (χ0n) is 16.3. The van der Waals surface area contributed by atoms with Crippen LogP contribution in [0.2, 0.25) is 5.02 Å². The fourth-order valence-corrected chi connectivity index (χ4v) is 5.40. The number of phenols is 1. The van der Waals surface area contributed by atoms with Gasteiger partial charge in [-0.25, -0.2) is 0 Å². The van der Waals surface area contributed by atoms with Crippen LogP contribution in [0, 0.1) is 5.92 Å². The summed E-state index contributed by atoms with van der Waals surface area (Å²) in [5.74, 6) is 0.861. The van der Waals surface area contributed by atoms with Crippen molar-refractivity contribution in [2.24, 2.45) is 5.92 Å². The topological polar surface area (TPSA) is 54.1 Å². The van der Waals surface area contributed by atoms with Crippen molar-refractivity contribution in [3.8, 4) is 11.5 Å². The van der Waals surface area contributed by atoms with Gasteiger partial charge in [0.1, 0.15) is 12.6 Å². The predicted molar refractivity (Wildman–Crippen MR) is 110 cm³/mol. The number of hydrogen-bond donors (Lipinski definition) is 3. The number of hydrogen-bond acceptors (Lipinski definition) is 3. The van der Waals surface area contributed by atoms with Crippen molar-refractivity contribution in [2.75, 3.05) is 13.7 Å². The molecule has 1 unspecified atom stereocenters. The van der Waals surface area contributed by atoms with E-state index in [9.17, 15) is 10.2 Å². The normalized spacial score (nSPS) is 29.9. The zero-order chi connectivity index (χ0) is 19.7. The second-order valence-corrected chi connectivity index (χ2v) is 8.76. The lowest BCUT2D eigenvalue weighted by Crippen LogP contribution is -3.13. The van der Waals surface area contributed by atoms with Crippen molar-refractivity contribution >= 4 is 11.6 Å². The standard InChI is InChI=1S/C23H28ClNO3/c1-28-21-14-17(7-10-20(21)26)22-19-4-2-3-11-23(19,27)12-13-25(22)15-16-5-8-18(24)9-6-16/h5-10,14,19,22,26-27H,2-4,11-13,15H2,1H3/p+1/t19-,22-,23-/m0/s1. The number of fused-ring (bicyclic) bond motifs is 1. The van der Waals surface area contributed by atoms with E-state index in [4.69, 9.17) is 16.3 Å². The average molecular weight is 403 g/mol. The van der Waals surface area contributed by atoms with E-state index in [-0.39, 0.29) is 17.7 Å². The lowest BCUT2D eigenvalue weighted by molar-refractivity contribution is -0.958.